The van der Waals surface area contributed by atoms with E-state index in [1.807, 2.05) is 30.3 Å². The molecule has 0 unspecified atom stereocenters. The first kappa shape index (κ1) is 19.7. The van der Waals surface area contributed by atoms with E-state index in [0.29, 0.717) is 18.9 Å². The molecule has 1 aliphatic rings. The Morgan fingerprint density at radius 2 is 2.00 bits per heavy atom. The average molecular weight is 387 g/mol. The third-order valence-electron chi connectivity index (χ3n) is 4.43. The van der Waals surface area contributed by atoms with Crippen LogP contribution in [-0.4, -0.2) is 56.0 Å². The largest absolute Gasteiger partial charge is 0.497 e. The highest BCUT2D eigenvalue weighted by Gasteiger charge is 2.21. The SMILES string of the molecule is COc1ccc(SCC(=O)NC[C@@H]2CN(Cc3ccccc3)CCO2)cc1. The maximum Gasteiger partial charge on any atom is 0.230 e. The molecular formula is C21H26N2O3S. The van der Waals surface area contributed by atoms with Gasteiger partial charge in [0.15, 0.2) is 0 Å². The zero-order valence-corrected chi connectivity index (χ0v) is 16.4. The van der Waals surface area contributed by atoms with E-state index in [9.17, 15) is 4.79 Å². The molecule has 0 saturated carbocycles. The summed E-state index contributed by atoms with van der Waals surface area (Å²) in [5, 5.41) is 2.99. The first-order valence-corrected chi connectivity index (χ1v) is 10.1. The summed E-state index contributed by atoms with van der Waals surface area (Å²) >= 11 is 1.52. The lowest BCUT2D eigenvalue weighted by atomic mass is 10.2. The Kier molecular flexibility index (Phi) is 7.56. The highest BCUT2D eigenvalue weighted by Crippen LogP contribution is 2.21. The van der Waals surface area contributed by atoms with Crippen molar-refractivity contribution in [2.45, 2.75) is 17.5 Å². The van der Waals surface area contributed by atoms with Gasteiger partial charge in [-0.15, -0.1) is 11.8 Å². The number of hydrogen-bond donors (Lipinski definition) is 1. The predicted octanol–water partition coefficient (Wildman–Crippen LogP) is 2.80. The Labute approximate surface area is 165 Å². The van der Waals surface area contributed by atoms with Gasteiger partial charge in [0, 0.05) is 31.1 Å². The Balaban J connectivity index is 1.37. The summed E-state index contributed by atoms with van der Waals surface area (Å²) in [6.45, 7) is 3.93. The molecule has 3 rings (SSSR count). The fraction of sp³-hybridized carbons (Fsp3) is 0.381. The highest BCUT2D eigenvalue weighted by atomic mass is 32.2. The second-order valence-corrected chi connectivity index (χ2v) is 7.53. The van der Waals surface area contributed by atoms with Crippen LogP contribution in [0.5, 0.6) is 5.75 Å². The summed E-state index contributed by atoms with van der Waals surface area (Å²) in [7, 11) is 1.64. The van der Waals surface area contributed by atoms with Gasteiger partial charge in [0.2, 0.25) is 5.91 Å². The molecule has 1 N–H and O–H groups in total. The fourth-order valence-electron chi connectivity index (χ4n) is 2.99. The van der Waals surface area contributed by atoms with E-state index in [4.69, 9.17) is 9.47 Å². The molecule has 5 nitrogen and oxygen atoms in total. The minimum absolute atomic E-state index is 0.0274. The number of rotatable bonds is 8. The van der Waals surface area contributed by atoms with Crippen LogP contribution in [0.2, 0.25) is 0 Å². The van der Waals surface area contributed by atoms with Crippen LogP contribution in [0, 0.1) is 0 Å². The van der Waals surface area contributed by atoms with Gasteiger partial charge in [-0.2, -0.15) is 0 Å². The van der Waals surface area contributed by atoms with E-state index in [-0.39, 0.29) is 12.0 Å². The van der Waals surface area contributed by atoms with Gasteiger partial charge >= 0.3 is 0 Å². The molecule has 2 aromatic carbocycles. The molecule has 0 aromatic heterocycles. The number of morpholine rings is 1. The summed E-state index contributed by atoms with van der Waals surface area (Å²) < 4.78 is 10.9. The molecule has 2 aromatic rings. The van der Waals surface area contributed by atoms with Crippen molar-refractivity contribution in [2.75, 3.05) is 39.1 Å². The highest BCUT2D eigenvalue weighted by molar-refractivity contribution is 8.00. The van der Waals surface area contributed by atoms with E-state index in [1.165, 1.54) is 17.3 Å². The van der Waals surface area contributed by atoms with Crippen LogP contribution in [0.15, 0.2) is 59.5 Å². The smallest absolute Gasteiger partial charge is 0.230 e. The molecule has 1 heterocycles. The van der Waals surface area contributed by atoms with Crippen molar-refractivity contribution in [3.05, 3.63) is 60.2 Å². The molecule has 1 saturated heterocycles. The van der Waals surface area contributed by atoms with Crippen molar-refractivity contribution in [3.8, 4) is 5.75 Å². The van der Waals surface area contributed by atoms with E-state index < -0.39 is 0 Å². The van der Waals surface area contributed by atoms with Crippen LogP contribution in [0.1, 0.15) is 5.56 Å². The number of nitrogens with zero attached hydrogens (tertiary/aromatic N) is 1. The summed E-state index contributed by atoms with van der Waals surface area (Å²) in [5.41, 5.74) is 1.30. The van der Waals surface area contributed by atoms with E-state index >= 15 is 0 Å². The predicted molar refractivity (Wildman–Crippen MR) is 108 cm³/mol. The molecular weight excluding hydrogens is 360 g/mol. The number of benzene rings is 2. The number of carbonyl (C=O) groups excluding carboxylic acids is 1. The van der Waals surface area contributed by atoms with Crippen LogP contribution in [-0.2, 0) is 16.1 Å². The second kappa shape index (κ2) is 10.3. The van der Waals surface area contributed by atoms with Gasteiger partial charge in [-0.1, -0.05) is 30.3 Å². The van der Waals surface area contributed by atoms with Crippen molar-refractivity contribution in [2.24, 2.45) is 0 Å². The molecule has 1 fully saturated rings. The number of nitrogens with one attached hydrogen (secondary N) is 1. The quantitative estimate of drug-likeness (QED) is 0.707. The Bertz CT molecular complexity index is 709. The van der Waals surface area contributed by atoms with Gasteiger partial charge in [-0.05, 0) is 29.8 Å². The monoisotopic (exact) mass is 386 g/mol. The molecule has 6 heteroatoms. The van der Waals surface area contributed by atoms with Crippen LogP contribution < -0.4 is 10.1 Å². The van der Waals surface area contributed by atoms with E-state index in [1.54, 1.807) is 7.11 Å². The van der Waals surface area contributed by atoms with E-state index in [2.05, 4.69) is 34.5 Å². The number of thioether (sulfide) groups is 1. The van der Waals surface area contributed by atoms with Crippen molar-refractivity contribution in [3.63, 3.8) is 0 Å². The minimum atomic E-state index is 0.0274. The lowest BCUT2D eigenvalue weighted by Crippen LogP contribution is -2.47. The van der Waals surface area contributed by atoms with Crippen LogP contribution in [0.3, 0.4) is 0 Å². The van der Waals surface area contributed by atoms with Crippen molar-refractivity contribution in [1.82, 2.24) is 10.2 Å². The van der Waals surface area contributed by atoms with Crippen molar-refractivity contribution < 1.29 is 14.3 Å². The maximum atomic E-state index is 12.1. The van der Waals surface area contributed by atoms with Gasteiger partial charge in [-0.25, -0.2) is 0 Å². The molecule has 0 aliphatic carbocycles. The van der Waals surface area contributed by atoms with Crippen LogP contribution in [0.25, 0.3) is 0 Å². The van der Waals surface area contributed by atoms with E-state index in [0.717, 1.165) is 30.3 Å². The summed E-state index contributed by atoms with van der Waals surface area (Å²) in [4.78, 5) is 15.6. The molecule has 1 atom stereocenters. The zero-order valence-electron chi connectivity index (χ0n) is 15.6. The number of methoxy groups -OCH3 is 1. The molecule has 0 radical (unpaired) electrons. The third kappa shape index (κ3) is 6.57. The first-order chi connectivity index (χ1) is 13.2. The van der Waals surface area contributed by atoms with Gasteiger partial charge in [-0.3, -0.25) is 9.69 Å². The number of amides is 1. The number of carbonyl (C=O) groups is 1. The van der Waals surface area contributed by atoms with Crippen LogP contribution in [0.4, 0.5) is 0 Å². The Hall–Kier alpha value is -2.02. The molecule has 27 heavy (non-hydrogen) atoms. The summed E-state index contributed by atoms with van der Waals surface area (Å²) in [6.07, 6.45) is 0.0393. The average Bonchev–Trinajstić information content (AvgIpc) is 2.72. The van der Waals surface area contributed by atoms with Crippen molar-refractivity contribution in [1.29, 1.82) is 0 Å². The van der Waals surface area contributed by atoms with Gasteiger partial charge in [0.05, 0.1) is 25.6 Å². The summed E-state index contributed by atoms with van der Waals surface area (Å²) in [5.74, 6) is 1.24. The lowest BCUT2D eigenvalue weighted by molar-refractivity contribution is -0.119. The third-order valence-corrected chi connectivity index (χ3v) is 5.44. The normalized spacial score (nSPS) is 17.4. The van der Waals surface area contributed by atoms with Gasteiger partial charge < -0.3 is 14.8 Å². The molecule has 144 valence electrons. The molecule has 0 bridgehead atoms. The Morgan fingerprint density at radius 1 is 1.22 bits per heavy atom. The lowest BCUT2D eigenvalue weighted by Gasteiger charge is -2.33. The topological polar surface area (TPSA) is 50.8 Å². The number of hydrogen-bond acceptors (Lipinski definition) is 5. The first-order valence-electron chi connectivity index (χ1n) is 9.14. The van der Waals surface area contributed by atoms with Crippen LogP contribution >= 0.6 is 11.8 Å². The second-order valence-electron chi connectivity index (χ2n) is 6.48. The maximum absolute atomic E-state index is 12.1. The molecule has 0 spiro atoms. The zero-order chi connectivity index (χ0) is 18.9. The fourth-order valence-corrected chi connectivity index (χ4v) is 3.72. The molecule has 1 aliphatic heterocycles. The molecule has 1 amide bonds. The number of ether oxygens (including phenoxy) is 2. The van der Waals surface area contributed by atoms with Gasteiger partial charge in [0.1, 0.15) is 5.75 Å². The Morgan fingerprint density at radius 3 is 2.74 bits per heavy atom. The standard InChI is InChI=1S/C21H26N2O3S/c1-25-18-7-9-20(10-8-18)27-16-21(24)22-13-19-15-23(11-12-26-19)14-17-5-3-2-4-6-17/h2-10,19H,11-16H2,1H3,(H,22,24)/t19-/m1/s1. The van der Waals surface area contributed by atoms with Crippen molar-refractivity contribution >= 4 is 17.7 Å². The van der Waals surface area contributed by atoms with Gasteiger partial charge in [0.25, 0.3) is 0 Å². The minimum Gasteiger partial charge on any atom is -0.497 e. The summed E-state index contributed by atoms with van der Waals surface area (Å²) in [6, 6.07) is 18.2.